The van der Waals surface area contributed by atoms with Crippen LogP contribution in [0.5, 0.6) is 0 Å². The van der Waals surface area contributed by atoms with Crippen LogP contribution in [0.4, 0.5) is 0 Å². The maximum absolute atomic E-state index is 10.0. The van der Waals surface area contributed by atoms with Gasteiger partial charge in [-0.3, -0.25) is 9.59 Å². The highest BCUT2D eigenvalue weighted by Crippen LogP contribution is 1.99. The van der Waals surface area contributed by atoms with Crippen molar-refractivity contribution in [1.29, 1.82) is 0 Å². The normalized spacial score (nSPS) is 12.5. The molecular weight excluding hydrogens is 150 g/mol. The van der Waals surface area contributed by atoms with E-state index in [1.165, 1.54) is 0 Å². The van der Waals surface area contributed by atoms with Crippen molar-refractivity contribution in [2.75, 3.05) is 0 Å². The van der Waals surface area contributed by atoms with E-state index in [1.54, 1.807) is 0 Å². The molecule has 0 saturated heterocycles. The Hall–Kier alpha value is -1.10. The first-order chi connectivity index (χ1) is 5.04. The fourth-order valence-corrected chi connectivity index (χ4v) is 0.581. The van der Waals surface area contributed by atoms with Gasteiger partial charge < -0.3 is 10.2 Å². The third kappa shape index (κ3) is 5.35. The van der Waals surface area contributed by atoms with Crippen molar-refractivity contribution in [2.45, 2.75) is 25.3 Å². The number of hydrogen-bond donors (Lipinski definition) is 2. The third-order valence-electron chi connectivity index (χ3n) is 1.18. The van der Waals surface area contributed by atoms with Gasteiger partial charge in [0.2, 0.25) is 0 Å². The van der Waals surface area contributed by atoms with Gasteiger partial charge in [-0.05, 0) is 12.8 Å². The van der Waals surface area contributed by atoms with Crippen LogP contribution >= 0.6 is 0 Å². The molecule has 0 spiro atoms. The van der Waals surface area contributed by atoms with Gasteiger partial charge >= 0.3 is 11.9 Å². The molecule has 0 heterocycles. The van der Waals surface area contributed by atoms with Crippen molar-refractivity contribution in [1.82, 2.24) is 5.73 Å². The predicted octanol–water partition coefficient (Wildman–Crippen LogP) is -0.0226. The highest BCUT2D eigenvalue weighted by atomic mass is 16.4. The zero-order valence-electron chi connectivity index (χ0n) is 5.91. The van der Waals surface area contributed by atoms with E-state index in [-0.39, 0.29) is 19.3 Å². The summed E-state index contributed by atoms with van der Waals surface area (Å²) in [6, 6.07) is -1.19. The highest BCUT2D eigenvalue weighted by Gasteiger charge is 2.11. The molecule has 63 valence electrons. The van der Waals surface area contributed by atoms with Gasteiger partial charge in [0.15, 0.2) is 0 Å². The molecule has 0 aliphatic heterocycles. The number of hydrogen-bond acceptors (Lipinski definition) is 2. The van der Waals surface area contributed by atoms with Gasteiger partial charge in [-0.1, -0.05) is 0 Å². The second kappa shape index (κ2) is 4.68. The van der Waals surface area contributed by atoms with E-state index in [0.29, 0.717) is 0 Å². The second-order valence-corrected chi connectivity index (χ2v) is 2.18. The van der Waals surface area contributed by atoms with Crippen LogP contribution in [0, 0.1) is 0 Å². The van der Waals surface area contributed by atoms with E-state index in [1.807, 2.05) is 0 Å². The van der Waals surface area contributed by atoms with Crippen LogP contribution in [-0.2, 0) is 9.59 Å². The molecule has 11 heavy (non-hydrogen) atoms. The topological polar surface area (TPSA) is 98.4 Å². The lowest BCUT2D eigenvalue weighted by Crippen LogP contribution is -2.21. The molecule has 0 aliphatic carbocycles. The molecule has 0 aromatic heterocycles. The Kier molecular flexibility index (Phi) is 4.21. The molecule has 5 heteroatoms. The van der Waals surface area contributed by atoms with E-state index in [4.69, 9.17) is 15.9 Å². The molecule has 1 unspecified atom stereocenters. The minimum absolute atomic E-state index is 0.0668. The number of nitrogens with one attached hydrogen (secondary N) is 1. The zero-order valence-corrected chi connectivity index (χ0v) is 5.91. The van der Waals surface area contributed by atoms with Crippen LogP contribution in [0.25, 0.3) is 0 Å². The summed E-state index contributed by atoms with van der Waals surface area (Å²) < 4.78 is 0. The van der Waals surface area contributed by atoms with E-state index in [9.17, 15) is 9.59 Å². The van der Waals surface area contributed by atoms with Crippen LogP contribution in [0.3, 0.4) is 0 Å². The van der Waals surface area contributed by atoms with E-state index >= 15 is 0 Å². The summed E-state index contributed by atoms with van der Waals surface area (Å²) in [6.07, 6.45) is 0.278. The minimum atomic E-state index is -1.20. The fraction of sp³-hybridized carbons (Fsp3) is 0.667. The van der Waals surface area contributed by atoms with Crippen molar-refractivity contribution in [3.8, 4) is 0 Å². The van der Waals surface area contributed by atoms with Gasteiger partial charge in [-0.15, -0.1) is 0 Å². The Bertz CT molecular complexity index is 157. The lowest BCUT2D eigenvalue weighted by molar-refractivity contribution is -0.140. The average Bonchev–Trinajstić information content (AvgIpc) is 1.86. The Balaban J connectivity index is 3.39. The first-order valence-corrected chi connectivity index (χ1v) is 3.19. The lowest BCUT2D eigenvalue weighted by atomic mass is 10.1. The van der Waals surface area contributed by atoms with Gasteiger partial charge in [-0.2, -0.15) is 0 Å². The number of carbonyl (C=O) groups is 2. The molecule has 5 nitrogen and oxygen atoms in total. The van der Waals surface area contributed by atoms with Gasteiger partial charge in [0.25, 0.3) is 0 Å². The van der Waals surface area contributed by atoms with E-state index in [0.717, 1.165) is 0 Å². The molecule has 0 aromatic carbocycles. The maximum Gasteiger partial charge on any atom is 0.322 e. The maximum atomic E-state index is 10.0. The van der Waals surface area contributed by atoms with Gasteiger partial charge in [0.1, 0.15) is 6.04 Å². The summed E-state index contributed by atoms with van der Waals surface area (Å²) in [4.78, 5) is 20.0. The Labute approximate surface area is 63.8 Å². The molecular formula is C6H10NO4. The quantitative estimate of drug-likeness (QED) is 0.590. The summed E-state index contributed by atoms with van der Waals surface area (Å²) in [6.45, 7) is 0. The predicted molar refractivity (Wildman–Crippen MR) is 36.0 cm³/mol. The Morgan fingerprint density at radius 2 is 1.91 bits per heavy atom. The molecule has 0 aromatic rings. The Morgan fingerprint density at radius 3 is 2.27 bits per heavy atom. The molecule has 1 radical (unpaired) electrons. The van der Waals surface area contributed by atoms with Gasteiger partial charge in [-0.25, -0.2) is 5.73 Å². The molecule has 0 amide bonds. The molecule has 0 saturated carbocycles. The Morgan fingerprint density at radius 1 is 1.36 bits per heavy atom. The molecule has 1 atom stereocenters. The molecule has 0 aliphatic rings. The van der Waals surface area contributed by atoms with Crippen molar-refractivity contribution >= 4 is 11.9 Å². The fourth-order valence-electron chi connectivity index (χ4n) is 0.581. The van der Waals surface area contributed by atoms with Crippen LogP contribution in [-0.4, -0.2) is 28.2 Å². The summed E-state index contributed by atoms with van der Waals surface area (Å²) in [5.41, 5.74) is 6.88. The third-order valence-corrected chi connectivity index (χ3v) is 1.18. The SMILES string of the molecule is [NH]C(CCCC(=O)O)C(=O)O. The second-order valence-electron chi connectivity index (χ2n) is 2.18. The van der Waals surface area contributed by atoms with Crippen LogP contribution in [0.2, 0.25) is 0 Å². The average molecular weight is 160 g/mol. The van der Waals surface area contributed by atoms with Crippen molar-refractivity contribution in [3.63, 3.8) is 0 Å². The molecule has 0 fully saturated rings. The number of rotatable bonds is 5. The van der Waals surface area contributed by atoms with Crippen LogP contribution in [0.1, 0.15) is 19.3 Å². The van der Waals surface area contributed by atoms with Gasteiger partial charge in [0, 0.05) is 6.42 Å². The molecule has 3 N–H and O–H groups in total. The largest absolute Gasteiger partial charge is 0.481 e. The smallest absolute Gasteiger partial charge is 0.322 e. The lowest BCUT2D eigenvalue weighted by Gasteiger charge is -2.01. The number of carboxylic acids is 2. The summed E-state index contributed by atoms with van der Waals surface area (Å²) in [7, 11) is 0. The first kappa shape index (κ1) is 9.90. The highest BCUT2D eigenvalue weighted by molar-refractivity contribution is 5.73. The zero-order chi connectivity index (χ0) is 8.85. The van der Waals surface area contributed by atoms with Crippen LogP contribution in [0.15, 0.2) is 0 Å². The summed E-state index contributed by atoms with van der Waals surface area (Å²) in [5, 5.41) is 16.4. The van der Waals surface area contributed by atoms with Gasteiger partial charge in [0.05, 0.1) is 0 Å². The monoisotopic (exact) mass is 160 g/mol. The molecule has 0 rings (SSSR count). The van der Waals surface area contributed by atoms with E-state index < -0.39 is 18.0 Å². The number of carboxylic acid groups (broad SMARTS) is 2. The van der Waals surface area contributed by atoms with Crippen molar-refractivity contribution < 1.29 is 19.8 Å². The van der Waals surface area contributed by atoms with Crippen molar-refractivity contribution in [3.05, 3.63) is 0 Å². The summed E-state index contributed by atoms with van der Waals surface area (Å²) >= 11 is 0. The van der Waals surface area contributed by atoms with Crippen molar-refractivity contribution in [2.24, 2.45) is 0 Å². The minimum Gasteiger partial charge on any atom is -0.481 e. The standard InChI is InChI=1S/C6H10NO4/c7-4(6(10)11)2-1-3-5(8)9/h4,7H,1-3H2,(H,8,9)(H,10,11). The first-order valence-electron chi connectivity index (χ1n) is 3.19. The summed E-state index contributed by atoms with van der Waals surface area (Å²) in [5.74, 6) is -2.15. The van der Waals surface area contributed by atoms with Crippen LogP contribution < -0.4 is 5.73 Å². The molecule has 0 bridgehead atoms. The van der Waals surface area contributed by atoms with E-state index in [2.05, 4.69) is 0 Å². The number of aliphatic carboxylic acids is 2.